The van der Waals surface area contributed by atoms with Crippen LogP contribution in [0.4, 0.5) is 5.69 Å². The normalized spacial score (nSPS) is 16.1. The number of hydrogen-bond acceptors (Lipinski definition) is 5. The van der Waals surface area contributed by atoms with E-state index in [9.17, 15) is 23.3 Å². The summed E-state index contributed by atoms with van der Waals surface area (Å²) in [5, 5.41) is 11.2. The largest absolute Gasteiger partial charge is 0.340 e. The minimum atomic E-state index is -3.63. The first-order valence-corrected chi connectivity index (χ1v) is 11.8. The van der Waals surface area contributed by atoms with Crippen molar-refractivity contribution in [3.8, 4) is 0 Å². The van der Waals surface area contributed by atoms with E-state index in [2.05, 4.69) is 13.8 Å². The van der Waals surface area contributed by atoms with Crippen LogP contribution < -0.4 is 0 Å². The van der Waals surface area contributed by atoms with Crippen LogP contribution in [0, 0.1) is 10.1 Å². The number of rotatable bonds is 7. The molecule has 166 valence electrons. The Morgan fingerprint density at radius 2 is 1.68 bits per heavy atom. The smallest absolute Gasteiger partial charge is 0.273 e. The standard InChI is InChI=1S/C22H27N3O5S/c1-3-17(2)18-8-10-20(11-9-18)31(29,30)24-14-12-23(13-15-24)22(26)16-19-6-4-5-7-21(19)25(27)28/h4-11,17H,3,12-16H2,1-2H3. The molecule has 2 aromatic rings. The van der Waals surface area contributed by atoms with Crippen LogP contribution in [0.15, 0.2) is 53.4 Å². The van der Waals surface area contributed by atoms with Gasteiger partial charge in [-0.15, -0.1) is 0 Å². The first kappa shape index (κ1) is 22.9. The monoisotopic (exact) mass is 445 g/mol. The molecule has 0 radical (unpaired) electrons. The molecule has 1 unspecified atom stereocenters. The highest BCUT2D eigenvalue weighted by Crippen LogP contribution is 2.24. The number of amides is 1. The highest BCUT2D eigenvalue weighted by molar-refractivity contribution is 7.89. The molecular weight excluding hydrogens is 418 g/mol. The second kappa shape index (κ2) is 9.57. The zero-order chi connectivity index (χ0) is 22.6. The quantitative estimate of drug-likeness (QED) is 0.481. The predicted octanol–water partition coefficient (Wildman–Crippen LogP) is 3.18. The van der Waals surface area contributed by atoms with Crippen LogP contribution in [0.1, 0.15) is 37.3 Å². The van der Waals surface area contributed by atoms with Gasteiger partial charge in [0.1, 0.15) is 0 Å². The Hall–Kier alpha value is -2.78. The summed E-state index contributed by atoms with van der Waals surface area (Å²) in [6.45, 7) is 5.08. The van der Waals surface area contributed by atoms with Crippen LogP contribution in [0.5, 0.6) is 0 Å². The van der Waals surface area contributed by atoms with E-state index in [1.54, 1.807) is 35.2 Å². The van der Waals surface area contributed by atoms with Crippen LogP contribution in [0.25, 0.3) is 0 Å². The summed E-state index contributed by atoms with van der Waals surface area (Å²) >= 11 is 0. The lowest BCUT2D eigenvalue weighted by Gasteiger charge is -2.34. The van der Waals surface area contributed by atoms with Gasteiger partial charge in [0.2, 0.25) is 15.9 Å². The molecule has 1 saturated heterocycles. The van der Waals surface area contributed by atoms with Gasteiger partial charge in [0.25, 0.3) is 5.69 Å². The van der Waals surface area contributed by atoms with Crippen molar-refractivity contribution in [2.24, 2.45) is 0 Å². The van der Waals surface area contributed by atoms with Crippen LogP contribution in [-0.4, -0.2) is 54.6 Å². The molecule has 0 saturated carbocycles. The molecule has 1 atom stereocenters. The van der Waals surface area contributed by atoms with Gasteiger partial charge in [0.05, 0.1) is 16.2 Å². The van der Waals surface area contributed by atoms with Gasteiger partial charge in [-0.2, -0.15) is 4.31 Å². The Labute approximate surface area is 182 Å². The number of nitro groups is 1. The number of piperazine rings is 1. The predicted molar refractivity (Wildman–Crippen MR) is 117 cm³/mol. The van der Waals surface area contributed by atoms with Gasteiger partial charge in [0, 0.05) is 37.8 Å². The Morgan fingerprint density at radius 1 is 1.06 bits per heavy atom. The Bertz CT molecular complexity index is 1050. The second-order valence-corrected chi connectivity index (χ2v) is 9.66. The van der Waals surface area contributed by atoms with Crippen molar-refractivity contribution in [3.05, 3.63) is 69.8 Å². The first-order valence-electron chi connectivity index (χ1n) is 10.3. The van der Waals surface area contributed by atoms with Crippen molar-refractivity contribution in [2.45, 2.75) is 37.5 Å². The minimum Gasteiger partial charge on any atom is -0.340 e. The van der Waals surface area contributed by atoms with Crippen LogP contribution in [-0.2, 0) is 21.2 Å². The fourth-order valence-corrected chi connectivity index (χ4v) is 5.07. The SMILES string of the molecule is CCC(C)c1ccc(S(=O)(=O)N2CCN(C(=O)Cc3ccccc3[N+](=O)[O-])CC2)cc1. The average Bonchev–Trinajstić information content (AvgIpc) is 2.79. The molecule has 0 spiro atoms. The summed E-state index contributed by atoms with van der Waals surface area (Å²) in [4.78, 5) is 25.1. The van der Waals surface area contributed by atoms with Crippen molar-refractivity contribution in [2.75, 3.05) is 26.2 Å². The van der Waals surface area contributed by atoms with E-state index in [4.69, 9.17) is 0 Å². The van der Waals surface area contributed by atoms with E-state index in [0.717, 1.165) is 12.0 Å². The van der Waals surface area contributed by atoms with E-state index >= 15 is 0 Å². The van der Waals surface area contributed by atoms with Gasteiger partial charge in [-0.25, -0.2) is 8.42 Å². The van der Waals surface area contributed by atoms with E-state index in [-0.39, 0.29) is 49.1 Å². The highest BCUT2D eigenvalue weighted by Gasteiger charge is 2.30. The number of nitro benzene ring substituents is 1. The lowest BCUT2D eigenvalue weighted by molar-refractivity contribution is -0.385. The maximum Gasteiger partial charge on any atom is 0.273 e. The van der Waals surface area contributed by atoms with Crippen molar-refractivity contribution >= 4 is 21.6 Å². The van der Waals surface area contributed by atoms with Crippen molar-refractivity contribution < 1.29 is 18.1 Å². The Morgan fingerprint density at radius 3 is 2.26 bits per heavy atom. The molecule has 2 aromatic carbocycles. The molecular formula is C22H27N3O5S. The van der Waals surface area contributed by atoms with Gasteiger partial charge in [-0.1, -0.05) is 44.2 Å². The number of hydrogen-bond donors (Lipinski definition) is 0. The Kier molecular flexibility index (Phi) is 7.07. The van der Waals surface area contributed by atoms with Crippen LogP contribution in [0.2, 0.25) is 0 Å². The summed E-state index contributed by atoms with van der Waals surface area (Å²) < 4.78 is 27.3. The maximum absolute atomic E-state index is 13.0. The highest BCUT2D eigenvalue weighted by atomic mass is 32.2. The zero-order valence-corrected chi connectivity index (χ0v) is 18.5. The Balaban J connectivity index is 1.63. The van der Waals surface area contributed by atoms with E-state index in [1.807, 2.05) is 12.1 Å². The molecule has 0 bridgehead atoms. The van der Waals surface area contributed by atoms with E-state index < -0.39 is 14.9 Å². The number of benzene rings is 2. The molecule has 1 fully saturated rings. The molecule has 1 amide bonds. The molecule has 1 aliphatic rings. The third-order valence-electron chi connectivity index (χ3n) is 5.82. The molecule has 0 N–H and O–H groups in total. The number of carbonyl (C=O) groups is 1. The maximum atomic E-state index is 13.0. The van der Waals surface area contributed by atoms with Gasteiger partial charge >= 0.3 is 0 Å². The fraction of sp³-hybridized carbons (Fsp3) is 0.409. The van der Waals surface area contributed by atoms with E-state index in [1.165, 1.54) is 10.4 Å². The molecule has 1 aliphatic heterocycles. The molecule has 1 heterocycles. The summed E-state index contributed by atoms with van der Waals surface area (Å²) in [6, 6.07) is 13.2. The van der Waals surface area contributed by atoms with Crippen molar-refractivity contribution in [1.29, 1.82) is 0 Å². The molecule has 8 nitrogen and oxygen atoms in total. The molecule has 3 rings (SSSR count). The number of sulfonamides is 1. The van der Waals surface area contributed by atoms with Gasteiger partial charge in [0.15, 0.2) is 0 Å². The summed E-state index contributed by atoms with van der Waals surface area (Å²) in [6.07, 6.45) is 0.898. The first-order chi connectivity index (χ1) is 14.7. The molecule has 0 aliphatic carbocycles. The van der Waals surface area contributed by atoms with Crippen molar-refractivity contribution in [3.63, 3.8) is 0 Å². The average molecular weight is 446 g/mol. The number of para-hydroxylation sites is 1. The van der Waals surface area contributed by atoms with Gasteiger partial charge in [-0.3, -0.25) is 14.9 Å². The van der Waals surface area contributed by atoms with Crippen LogP contribution >= 0.6 is 0 Å². The van der Waals surface area contributed by atoms with Crippen LogP contribution in [0.3, 0.4) is 0 Å². The molecule has 0 aromatic heterocycles. The third-order valence-corrected chi connectivity index (χ3v) is 7.73. The lowest BCUT2D eigenvalue weighted by atomic mass is 9.99. The van der Waals surface area contributed by atoms with Crippen molar-refractivity contribution in [1.82, 2.24) is 9.21 Å². The summed E-state index contributed by atoms with van der Waals surface area (Å²) in [5.74, 6) is 0.121. The third kappa shape index (κ3) is 5.11. The molecule has 31 heavy (non-hydrogen) atoms. The topological polar surface area (TPSA) is 101 Å². The number of carbonyl (C=O) groups excluding carboxylic acids is 1. The summed E-state index contributed by atoms with van der Waals surface area (Å²) in [5.41, 5.74) is 1.37. The van der Waals surface area contributed by atoms with Gasteiger partial charge < -0.3 is 4.90 Å². The fourth-order valence-electron chi connectivity index (χ4n) is 3.64. The summed E-state index contributed by atoms with van der Waals surface area (Å²) in [7, 11) is -3.63. The van der Waals surface area contributed by atoms with E-state index in [0.29, 0.717) is 11.5 Å². The molecule has 9 heteroatoms. The second-order valence-electron chi connectivity index (χ2n) is 7.73. The minimum absolute atomic E-state index is 0.0824. The number of nitrogens with zero attached hydrogens (tertiary/aromatic N) is 3. The lowest BCUT2D eigenvalue weighted by Crippen LogP contribution is -2.50. The zero-order valence-electron chi connectivity index (χ0n) is 17.7. The van der Waals surface area contributed by atoms with Gasteiger partial charge in [-0.05, 0) is 30.0 Å².